The van der Waals surface area contributed by atoms with Gasteiger partial charge in [-0.2, -0.15) is 0 Å². The topological polar surface area (TPSA) is 68.1 Å². The van der Waals surface area contributed by atoms with Crippen LogP contribution in [0.3, 0.4) is 0 Å². The molecule has 6 heteroatoms. The third kappa shape index (κ3) is 3.53. The lowest BCUT2D eigenvalue weighted by Crippen LogP contribution is -2.19. The first-order valence-electron chi connectivity index (χ1n) is 6.15. The number of halogens is 1. The number of hydrogen-bond donors (Lipinski definition) is 1. The van der Waals surface area contributed by atoms with Crippen LogP contribution >= 0.6 is 11.6 Å². The molecular weight excluding hydrogens is 278 g/mol. The van der Waals surface area contributed by atoms with E-state index in [1.165, 1.54) is 12.1 Å². The minimum absolute atomic E-state index is 0.00322. The van der Waals surface area contributed by atoms with Gasteiger partial charge in [-0.05, 0) is 30.7 Å². The summed E-state index contributed by atoms with van der Waals surface area (Å²) in [5.74, 6) is 0. The molecule has 0 radical (unpaired) electrons. The second-order valence-electron chi connectivity index (χ2n) is 4.39. The van der Waals surface area contributed by atoms with Crippen LogP contribution in [-0.2, 0) is 6.54 Å². The largest absolute Gasteiger partial charge is 0.305 e. The Balaban J connectivity index is 2.02. The summed E-state index contributed by atoms with van der Waals surface area (Å²) in [6, 6.07) is 10.3. The third-order valence-electron chi connectivity index (χ3n) is 2.98. The Morgan fingerprint density at radius 1 is 1.40 bits per heavy atom. The van der Waals surface area contributed by atoms with Crippen LogP contribution in [0.4, 0.5) is 5.69 Å². The number of pyridine rings is 1. The first-order valence-corrected chi connectivity index (χ1v) is 6.53. The summed E-state index contributed by atoms with van der Waals surface area (Å²) in [7, 11) is 0. The van der Waals surface area contributed by atoms with Crippen molar-refractivity contribution in [1.29, 1.82) is 0 Å². The summed E-state index contributed by atoms with van der Waals surface area (Å²) in [4.78, 5) is 14.4. The Bertz CT molecular complexity index is 605. The van der Waals surface area contributed by atoms with Crippen LogP contribution in [0.1, 0.15) is 24.2 Å². The molecule has 0 saturated heterocycles. The summed E-state index contributed by atoms with van der Waals surface area (Å²) in [5.41, 5.74) is 1.75. The molecule has 0 amide bonds. The lowest BCUT2D eigenvalue weighted by molar-refractivity contribution is -0.384. The van der Waals surface area contributed by atoms with Crippen molar-refractivity contribution in [2.45, 2.75) is 19.5 Å². The highest BCUT2D eigenvalue weighted by Gasteiger charge is 2.11. The fourth-order valence-electron chi connectivity index (χ4n) is 1.79. The highest BCUT2D eigenvalue weighted by atomic mass is 35.5. The molecule has 0 aliphatic rings. The molecule has 0 aliphatic heterocycles. The van der Waals surface area contributed by atoms with Crippen LogP contribution in [-0.4, -0.2) is 9.91 Å². The van der Waals surface area contributed by atoms with E-state index in [1.807, 2.05) is 25.1 Å². The van der Waals surface area contributed by atoms with E-state index in [-0.39, 0.29) is 11.7 Å². The van der Waals surface area contributed by atoms with E-state index in [1.54, 1.807) is 12.3 Å². The molecule has 2 rings (SSSR count). The molecule has 5 nitrogen and oxygen atoms in total. The van der Waals surface area contributed by atoms with Gasteiger partial charge < -0.3 is 5.32 Å². The standard InChI is InChI=1S/C14H14ClN3O2/c1-10(14-4-2-3-7-16-14)17-9-11-5-6-12(18(19)20)8-13(11)15/h2-8,10,17H,9H2,1H3/t10-/m1/s1. The molecule has 104 valence electrons. The predicted octanol–water partition coefficient (Wildman–Crippen LogP) is 3.49. The molecule has 0 bridgehead atoms. The maximum atomic E-state index is 10.6. The number of hydrogen-bond acceptors (Lipinski definition) is 4. The number of nitrogens with zero attached hydrogens (tertiary/aromatic N) is 2. The number of non-ortho nitro benzene ring substituents is 1. The van der Waals surface area contributed by atoms with Crippen molar-refractivity contribution in [3.8, 4) is 0 Å². The first kappa shape index (κ1) is 14.4. The van der Waals surface area contributed by atoms with E-state index in [4.69, 9.17) is 11.6 Å². The van der Waals surface area contributed by atoms with Gasteiger partial charge >= 0.3 is 0 Å². The Morgan fingerprint density at radius 2 is 2.20 bits per heavy atom. The highest BCUT2D eigenvalue weighted by molar-refractivity contribution is 6.31. The zero-order chi connectivity index (χ0) is 14.5. The number of nitro benzene ring substituents is 1. The van der Waals surface area contributed by atoms with Gasteiger partial charge in [0, 0.05) is 30.9 Å². The van der Waals surface area contributed by atoms with Gasteiger partial charge in [0.1, 0.15) is 0 Å². The summed E-state index contributed by atoms with van der Waals surface area (Å²) in [5, 5.41) is 14.3. The molecule has 1 heterocycles. The monoisotopic (exact) mass is 291 g/mol. The second-order valence-corrected chi connectivity index (χ2v) is 4.80. The van der Waals surface area contributed by atoms with Crippen molar-refractivity contribution < 1.29 is 4.92 Å². The van der Waals surface area contributed by atoms with Gasteiger partial charge in [0.2, 0.25) is 0 Å². The van der Waals surface area contributed by atoms with E-state index in [2.05, 4.69) is 10.3 Å². The summed E-state index contributed by atoms with van der Waals surface area (Å²) in [6.07, 6.45) is 1.74. The average molecular weight is 292 g/mol. The van der Waals surface area contributed by atoms with Crippen LogP contribution in [0.5, 0.6) is 0 Å². The van der Waals surface area contributed by atoms with Crippen LogP contribution in [0.2, 0.25) is 5.02 Å². The maximum Gasteiger partial charge on any atom is 0.270 e. The SMILES string of the molecule is C[C@@H](NCc1ccc([N+](=O)[O-])cc1Cl)c1ccccn1. The highest BCUT2D eigenvalue weighted by Crippen LogP contribution is 2.23. The van der Waals surface area contributed by atoms with Crippen molar-refractivity contribution >= 4 is 17.3 Å². The van der Waals surface area contributed by atoms with Crippen molar-refractivity contribution in [1.82, 2.24) is 10.3 Å². The molecule has 0 saturated carbocycles. The number of rotatable bonds is 5. The number of benzene rings is 1. The molecule has 0 fully saturated rings. The molecule has 20 heavy (non-hydrogen) atoms. The predicted molar refractivity (Wildman–Crippen MR) is 77.6 cm³/mol. The Morgan fingerprint density at radius 3 is 2.80 bits per heavy atom. The second kappa shape index (κ2) is 6.45. The van der Waals surface area contributed by atoms with E-state index in [0.717, 1.165) is 11.3 Å². The van der Waals surface area contributed by atoms with Crippen molar-refractivity contribution in [2.75, 3.05) is 0 Å². The lowest BCUT2D eigenvalue weighted by atomic mass is 10.1. The van der Waals surface area contributed by atoms with Gasteiger partial charge in [-0.15, -0.1) is 0 Å². The zero-order valence-corrected chi connectivity index (χ0v) is 11.7. The molecule has 1 N–H and O–H groups in total. The summed E-state index contributed by atoms with van der Waals surface area (Å²) < 4.78 is 0. The minimum Gasteiger partial charge on any atom is -0.305 e. The molecule has 1 atom stereocenters. The van der Waals surface area contributed by atoms with E-state index < -0.39 is 4.92 Å². The number of nitro groups is 1. The normalized spacial score (nSPS) is 12.1. The van der Waals surface area contributed by atoms with Gasteiger partial charge in [0.25, 0.3) is 5.69 Å². The van der Waals surface area contributed by atoms with Crippen molar-refractivity contribution in [3.05, 3.63) is 69.0 Å². The molecule has 1 aromatic heterocycles. The van der Waals surface area contributed by atoms with Gasteiger partial charge in [-0.25, -0.2) is 0 Å². The fourth-order valence-corrected chi connectivity index (χ4v) is 2.03. The fraction of sp³-hybridized carbons (Fsp3) is 0.214. The molecular formula is C14H14ClN3O2. The maximum absolute atomic E-state index is 10.6. The first-order chi connectivity index (χ1) is 9.58. The molecule has 0 unspecified atom stereocenters. The van der Waals surface area contributed by atoms with Gasteiger partial charge in [-0.1, -0.05) is 17.7 Å². The van der Waals surface area contributed by atoms with Crippen molar-refractivity contribution in [3.63, 3.8) is 0 Å². The molecule has 0 aliphatic carbocycles. The lowest BCUT2D eigenvalue weighted by Gasteiger charge is -2.13. The smallest absolute Gasteiger partial charge is 0.270 e. The van der Waals surface area contributed by atoms with Crippen LogP contribution in [0, 0.1) is 10.1 Å². The van der Waals surface area contributed by atoms with Crippen molar-refractivity contribution in [2.24, 2.45) is 0 Å². The minimum atomic E-state index is -0.459. The van der Waals surface area contributed by atoms with Gasteiger partial charge in [0.15, 0.2) is 0 Å². The molecule has 1 aromatic carbocycles. The Labute approximate surface area is 121 Å². The Kier molecular flexibility index (Phi) is 4.65. The molecule has 2 aromatic rings. The molecule has 0 spiro atoms. The van der Waals surface area contributed by atoms with E-state index >= 15 is 0 Å². The van der Waals surface area contributed by atoms with E-state index in [0.29, 0.717) is 11.6 Å². The zero-order valence-electron chi connectivity index (χ0n) is 10.9. The summed E-state index contributed by atoms with van der Waals surface area (Å²) in [6.45, 7) is 2.52. The average Bonchev–Trinajstić information content (AvgIpc) is 2.46. The third-order valence-corrected chi connectivity index (χ3v) is 3.33. The van der Waals surface area contributed by atoms with E-state index in [9.17, 15) is 10.1 Å². The van der Waals surface area contributed by atoms with Gasteiger partial charge in [-0.3, -0.25) is 15.1 Å². The number of aromatic nitrogens is 1. The van der Waals surface area contributed by atoms with Gasteiger partial charge in [0.05, 0.1) is 15.6 Å². The van der Waals surface area contributed by atoms with Crippen LogP contribution in [0.15, 0.2) is 42.6 Å². The quantitative estimate of drug-likeness (QED) is 0.676. The number of nitrogens with one attached hydrogen (secondary N) is 1. The van der Waals surface area contributed by atoms with Crippen LogP contribution < -0.4 is 5.32 Å². The summed E-state index contributed by atoms with van der Waals surface area (Å²) >= 11 is 6.04. The van der Waals surface area contributed by atoms with Crippen LogP contribution in [0.25, 0.3) is 0 Å². The Hall–Kier alpha value is -1.98.